The van der Waals surface area contributed by atoms with Gasteiger partial charge in [0.25, 0.3) is 0 Å². The van der Waals surface area contributed by atoms with E-state index in [4.69, 9.17) is 4.74 Å². The molecule has 0 radical (unpaired) electrons. The van der Waals surface area contributed by atoms with Crippen LogP contribution in [0.3, 0.4) is 0 Å². The molecule has 2 aromatic rings. The Labute approximate surface area is 81.9 Å². The highest BCUT2D eigenvalue weighted by Crippen LogP contribution is 2.24. The number of nitrogens with zero attached hydrogens (tertiary/aromatic N) is 1. The Hall–Kier alpha value is -1.77. The second-order valence-corrected chi connectivity index (χ2v) is 3.20. The number of hydrogen-bond donors (Lipinski definition) is 0. The van der Waals surface area contributed by atoms with Gasteiger partial charge in [-0.2, -0.15) is 0 Å². The Morgan fingerprint density at radius 1 is 1.43 bits per heavy atom. The molecule has 1 heterocycles. The molecule has 0 atom stereocenters. The first-order valence-electron chi connectivity index (χ1n) is 4.34. The van der Waals surface area contributed by atoms with E-state index in [9.17, 15) is 4.79 Å². The molecule has 0 saturated carbocycles. The number of carbonyl (C=O) groups is 1. The van der Waals surface area contributed by atoms with Crippen molar-refractivity contribution in [1.29, 1.82) is 0 Å². The van der Waals surface area contributed by atoms with Crippen LogP contribution in [-0.2, 0) is 7.05 Å². The molecule has 1 aromatic heterocycles. The second-order valence-electron chi connectivity index (χ2n) is 3.20. The summed E-state index contributed by atoms with van der Waals surface area (Å²) in [6, 6.07) is 5.71. The molecular formula is C11H11NO2. The summed E-state index contributed by atoms with van der Waals surface area (Å²) in [5, 5.41) is 0.932. The number of benzene rings is 1. The summed E-state index contributed by atoms with van der Waals surface area (Å²) in [4.78, 5) is 10.8. The highest BCUT2D eigenvalue weighted by Gasteiger charge is 2.06. The van der Waals surface area contributed by atoms with Crippen molar-refractivity contribution >= 4 is 17.2 Å². The zero-order chi connectivity index (χ0) is 10.1. The van der Waals surface area contributed by atoms with E-state index in [2.05, 4.69) is 0 Å². The third-order valence-corrected chi connectivity index (χ3v) is 2.35. The third-order valence-electron chi connectivity index (χ3n) is 2.35. The van der Waals surface area contributed by atoms with Crippen LogP contribution in [0.5, 0.6) is 5.75 Å². The molecule has 0 unspecified atom stereocenters. The second kappa shape index (κ2) is 3.18. The lowest BCUT2D eigenvalue weighted by Crippen LogP contribution is -1.85. The fourth-order valence-electron chi connectivity index (χ4n) is 1.62. The molecule has 0 bridgehead atoms. The molecule has 0 N–H and O–H groups in total. The fraction of sp³-hybridized carbons (Fsp3) is 0.182. The summed E-state index contributed by atoms with van der Waals surface area (Å²) >= 11 is 0. The standard InChI is InChI=1S/C11H11NO2/c1-12-6-8(7-13)10-5-9(14-2)3-4-11(10)12/h3-7H,1-2H3. The van der Waals surface area contributed by atoms with E-state index in [0.717, 1.165) is 22.9 Å². The zero-order valence-electron chi connectivity index (χ0n) is 8.15. The first kappa shape index (κ1) is 8.81. The third kappa shape index (κ3) is 1.18. The minimum Gasteiger partial charge on any atom is -0.497 e. The number of carbonyl (C=O) groups excluding carboxylic acids is 1. The summed E-state index contributed by atoms with van der Waals surface area (Å²) in [5.41, 5.74) is 1.73. The van der Waals surface area contributed by atoms with Gasteiger partial charge in [0.1, 0.15) is 5.75 Å². The summed E-state index contributed by atoms with van der Waals surface area (Å²) < 4.78 is 7.03. The Balaban J connectivity index is 2.77. The largest absolute Gasteiger partial charge is 0.497 e. The molecule has 0 saturated heterocycles. The van der Waals surface area contributed by atoms with Gasteiger partial charge < -0.3 is 9.30 Å². The van der Waals surface area contributed by atoms with Crippen molar-refractivity contribution in [3.05, 3.63) is 30.0 Å². The number of rotatable bonds is 2. The first-order chi connectivity index (χ1) is 6.76. The highest BCUT2D eigenvalue weighted by atomic mass is 16.5. The lowest BCUT2D eigenvalue weighted by molar-refractivity contribution is 0.112. The molecule has 14 heavy (non-hydrogen) atoms. The molecule has 0 spiro atoms. The number of fused-ring (bicyclic) bond motifs is 1. The van der Waals surface area contributed by atoms with Gasteiger partial charge in [-0.1, -0.05) is 0 Å². The molecule has 3 nitrogen and oxygen atoms in total. The van der Waals surface area contributed by atoms with Gasteiger partial charge in [0.05, 0.1) is 7.11 Å². The van der Waals surface area contributed by atoms with Crippen LogP contribution < -0.4 is 4.74 Å². The van der Waals surface area contributed by atoms with Gasteiger partial charge >= 0.3 is 0 Å². The monoisotopic (exact) mass is 189 g/mol. The molecule has 1 aromatic carbocycles. The molecule has 2 rings (SSSR count). The zero-order valence-corrected chi connectivity index (χ0v) is 8.15. The molecular weight excluding hydrogens is 178 g/mol. The molecule has 72 valence electrons. The SMILES string of the molecule is COc1ccc2c(c1)c(C=O)cn2C. The van der Waals surface area contributed by atoms with E-state index in [0.29, 0.717) is 5.56 Å². The summed E-state index contributed by atoms with van der Waals surface area (Å²) in [6.07, 6.45) is 2.68. The van der Waals surface area contributed by atoms with Crippen molar-refractivity contribution in [1.82, 2.24) is 4.57 Å². The first-order valence-corrected chi connectivity index (χ1v) is 4.34. The Kier molecular flexibility index (Phi) is 2.00. The van der Waals surface area contributed by atoms with Crippen LogP contribution in [0.25, 0.3) is 10.9 Å². The maximum Gasteiger partial charge on any atom is 0.152 e. The number of aromatic nitrogens is 1. The number of hydrogen-bond acceptors (Lipinski definition) is 2. The van der Waals surface area contributed by atoms with Gasteiger partial charge in [-0.25, -0.2) is 0 Å². The highest BCUT2D eigenvalue weighted by molar-refractivity contribution is 5.98. The number of aryl methyl sites for hydroxylation is 1. The van der Waals surface area contributed by atoms with Crippen LogP contribution in [0.15, 0.2) is 24.4 Å². The van der Waals surface area contributed by atoms with Crippen molar-refractivity contribution in [2.24, 2.45) is 7.05 Å². The van der Waals surface area contributed by atoms with Crippen LogP contribution in [0.4, 0.5) is 0 Å². The van der Waals surface area contributed by atoms with Crippen molar-refractivity contribution in [2.75, 3.05) is 7.11 Å². The maximum atomic E-state index is 10.8. The Morgan fingerprint density at radius 3 is 2.86 bits per heavy atom. The van der Waals surface area contributed by atoms with Crippen LogP contribution >= 0.6 is 0 Å². The van der Waals surface area contributed by atoms with Gasteiger partial charge in [0.2, 0.25) is 0 Å². The van der Waals surface area contributed by atoms with E-state index >= 15 is 0 Å². The summed E-state index contributed by atoms with van der Waals surface area (Å²) in [7, 11) is 3.53. The van der Waals surface area contributed by atoms with Gasteiger partial charge in [0.15, 0.2) is 6.29 Å². The normalized spacial score (nSPS) is 10.4. The lowest BCUT2D eigenvalue weighted by Gasteiger charge is -2.00. The van der Waals surface area contributed by atoms with E-state index in [1.807, 2.05) is 36.0 Å². The van der Waals surface area contributed by atoms with E-state index < -0.39 is 0 Å². The number of ether oxygens (including phenoxy) is 1. The molecule has 0 amide bonds. The van der Waals surface area contributed by atoms with Gasteiger partial charge in [0, 0.05) is 29.7 Å². The average Bonchev–Trinajstić information content (AvgIpc) is 2.55. The minimum atomic E-state index is 0.696. The Bertz CT molecular complexity index is 485. The molecule has 0 fully saturated rings. The average molecular weight is 189 g/mol. The summed E-state index contributed by atoms with van der Waals surface area (Å²) in [6.45, 7) is 0. The predicted molar refractivity (Wildman–Crippen MR) is 54.9 cm³/mol. The smallest absolute Gasteiger partial charge is 0.152 e. The quantitative estimate of drug-likeness (QED) is 0.676. The van der Waals surface area contributed by atoms with Crippen molar-refractivity contribution < 1.29 is 9.53 Å². The Morgan fingerprint density at radius 2 is 2.21 bits per heavy atom. The number of methoxy groups -OCH3 is 1. The minimum absolute atomic E-state index is 0.696. The van der Waals surface area contributed by atoms with Crippen molar-refractivity contribution in [3.63, 3.8) is 0 Å². The van der Waals surface area contributed by atoms with Crippen LogP contribution in [0.1, 0.15) is 10.4 Å². The van der Waals surface area contributed by atoms with Gasteiger partial charge in [-0.05, 0) is 18.2 Å². The van der Waals surface area contributed by atoms with Crippen LogP contribution in [-0.4, -0.2) is 18.0 Å². The van der Waals surface area contributed by atoms with Crippen LogP contribution in [0.2, 0.25) is 0 Å². The molecule has 3 heteroatoms. The summed E-state index contributed by atoms with van der Waals surface area (Å²) in [5.74, 6) is 0.770. The van der Waals surface area contributed by atoms with Gasteiger partial charge in [-0.15, -0.1) is 0 Å². The van der Waals surface area contributed by atoms with Crippen molar-refractivity contribution in [2.45, 2.75) is 0 Å². The van der Waals surface area contributed by atoms with E-state index in [-0.39, 0.29) is 0 Å². The lowest BCUT2D eigenvalue weighted by atomic mass is 10.2. The fourth-order valence-corrected chi connectivity index (χ4v) is 1.62. The van der Waals surface area contributed by atoms with E-state index in [1.165, 1.54) is 0 Å². The molecule has 0 aliphatic carbocycles. The molecule has 0 aliphatic heterocycles. The van der Waals surface area contributed by atoms with E-state index in [1.54, 1.807) is 7.11 Å². The predicted octanol–water partition coefficient (Wildman–Crippen LogP) is 2.00. The van der Waals surface area contributed by atoms with Crippen LogP contribution in [0, 0.1) is 0 Å². The maximum absolute atomic E-state index is 10.8. The van der Waals surface area contributed by atoms with Gasteiger partial charge in [-0.3, -0.25) is 4.79 Å². The number of aldehydes is 1. The topological polar surface area (TPSA) is 31.2 Å². The molecule has 0 aliphatic rings. The van der Waals surface area contributed by atoms with Crippen molar-refractivity contribution in [3.8, 4) is 5.75 Å².